The number of benzene rings is 3. The van der Waals surface area contributed by atoms with Crippen molar-refractivity contribution in [3.8, 4) is 11.8 Å². The number of nitrogens with two attached hydrogens (primary N) is 1. The van der Waals surface area contributed by atoms with Crippen LogP contribution in [0.4, 0.5) is 10.1 Å². The highest BCUT2D eigenvalue weighted by Gasteiger charge is 2.41. The van der Waals surface area contributed by atoms with Gasteiger partial charge in [0.15, 0.2) is 5.78 Å². The molecule has 5 nitrogen and oxygen atoms in total. The highest BCUT2D eigenvalue weighted by molar-refractivity contribution is 6.32. The van der Waals surface area contributed by atoms with Crippen molar-refractivity contribution in [1.29, 1.82) is 5.26 Å². The summed E-state index contributed by atoms with van der Waals surface area (Å²) in [6.45, 7) is 4.22. The van der Waals surface area contributed by atoms with E-state index in [0.29, 0.717) is 47.0 Å². The number of hydrogen-bond acceptors (Lipinski definition) is 5. The molecule has 5 rings (SSSR count). The molecule has 39 heavy (non-hydrogen) atoms. The predicted molar refractivity (Wildman–Crippen MR) is 151 cm³/mol. The first-order valence-electron chi connectivity index (χ1n) is 12.6. The number of allylic oxidation sites excluding steroid dienone is 3. The Balaban J connectivity index is 1.64. The highest BCUT2D eigenvalue weighted by atomic mass is 35.5. The summed E-state index contributed by atoms with van der Waals surface area (Å²) in [5.41, 5.74) is 12.3. The molecule has 1 heterocycles. The average molecular weight is 562 g/mol. The van der Waals surface area contributed by atoms with Gasteiger partial charge in [0, 0.05) is 23.4 Å². The zero-order valence-corrected chi connectivity index (χ0v) is 23.0. The molecule has 0 spiro atoms. The third-order valence-electron chi connectivity index (χ3n) is 7.33. The summed E-state index contributed by atoms with van der Waals surface area (Å²) in [5.74, 6) is -0.457. The zero-order valence-electron chi connectivity index (χ0n) is 21.5. The number of halogens is 3. The number of rotatable bonds is 5. The van der Waals surface area contributed by atoms with Crippen molar-refractivity contribution in [3.63, 3.8) is 0 Å². The molecule has 0 saturated carbocycles. The van der Waals surface area contributed by atoms with Crippen molar-refractivity contribution in [2.45, 2.75) is 45.6 Å². The van der Waals surface area contributed by atoms with Gasteiger partial charge in [-0.05, 0) is 79.3 Å². The number of nitriles is 1. The number of ether oxygens (including phenoxy) is 1. The van der Waals surface area contributed by atoms with Crippen LogP contribution >= 0.6 is 23.2 Å². The van der Waals surface area contributed by atoms with Crippen molar-refractivity contribution in [1.82, 2.24) is 0 Å². The van der Waals surface area contributed by atoms with Crippen LogP contribution in [0.2, 0.25) is 10.0 Å². The molecule has 0 fully saturated rings. The Morgan fingerprint density at radius 3 is 2.56 bits per heavy atom. The molecule has 198 valence electrons. The summed E-state index contributed by atoms with van der Waals surface area (Å²) >= 11 is 12.4. The fraction of sp³-hybridized carbons (Fsp3) is 0.226. The Morgan fingerprint density at radius 1 is 1.08 bits per heavy atom. The van der Waals surface area contributed by atoms with Crippen LogP contribution in [0.25, 0.3) is 0 Å². The van der Waals surface area contributed by atoms with Gasteiger partial charge in [0.2, 0.25) is 0 Å². The van der Waals surface area contributed by atoms with Gasteiger partial charge >= 0.3 is 0 Å². The molecule has 0 radical (unpaired) electrons. The third kappa shape index (κ3) is 4.89. The molecule has 1 aliphatic heterocycles. The molecule has 2 aliphatic rings. The van der Waals surface area contributed by atoms with Crippen molar-refractivity contribution >= 4 is 34.7 Å². The average Bonchev–Trinajstić information content (AvgIpc) is 2.90. The minimum atomic E-state index is -0.635. The summed E-state index contributed by atoms with van der Waals surface area (Å²) in [5, 5.41) is 10.8. The first-order chi connectivity index (χ1) is 18.7. The third-order valence-corrected chi connectivity index (χ3v) is 7.93. The standard InChI is InChI=1S/C31H26Cl2FN3O2/c1-17-12-18(2)21(13-19(17)16-39-28-9-4-3-6-23(28)32)29-22(15-35)31(36)37(20-10-11-25(34)24(33)14-20)26-7-5-8-27(38)30(26)29/h3-4,6,9-14,29H,5,7-8,16,36H2,1-2H3. The van der Waals surface area contributed by atoms with Crippen molar-refractivity contribution in [2.75, 3.05) is 4.90 Å². The predicted octanol–water partition coefficient (Wildman–Crippen LogP) is 7.63. The number of carbonyl (C=O) groups is 1. The molecule has 3 aromatic rings. The Labute approximate surface area is 236 Å². The second-order valence-electron chi connectivity index (χ2n) is 9.77. The van der Waals surface area contributed by atoms with Gasteiger partial charge in [0.1, 0.15) is 24.0 Å². The van der Waals surface area contributed by atoms with E-state index in [4.69, 9.17) is 33.7 Å². The van der Waals surface area contributed by atoms with Crippen LogP contribution in [0, 0.1) is 31.0 Å². The van der Waals surface area contributed by atoms with Gasteiger partial charge in [-0.25, -0.2) is 4.39 Å². The van der Waals surface area contributed by atoms with Gasteiger partial charge in [-0.1, -0.05) is 47.5 Å². The minimum absolute atomic E-state index is 0.0337. The van der Waals surface area contributed by atoms with E-state index >= 15 is 0 Å². The van der Waals surface area contributed by atoms with Gasteiger partial charge < -0.3 is 10.5 Å². The fourth-order valence-corrected chi connectivity index (χ4v) is 5.78. The maximum Gasteiger partial charge on any atom is 0.161 e. The first-order valence-corrected chi connectivity index (χ1v) is 13.3. The van der Waals surface area contributed by atoms with Gasteiger partial charge in [-0.2, -0.15) is 5.26 Å². The van der Waals surface area contributed by atoms with Crippen molar-refractivity contribution < 1.29 is 13.9 Å². The van der Waals surface area contributed by atoms with Crippen LogP contribution < -0.4 is 15.4 Å². The lowest BCUT2D eigenvalue weighted by Crippen LogP contribution is -2.39. The maximum absolute atomic E-state index is 14.0. The van der Waals surface area contributed by atoms with E-state index in [0.717, 1.165) is 22.3 Å². The zero-order chi connectivity index (χ0) is 27.8. The quantitative estimate of drug-likeness (QED) is 0.346. The summed E-state index contributed by atoms with van der Waals surface area (Å²) in [7, 11) is 0. The number of para-hydroxylation sites is 1. The fourth-order valence-electron chi connectivity index (χ4n) is 5.42. The summed E-state index contributed by atoms with van der Waals surface area (Å²) in [4.78, 5) is 15.2. The Bertz CT molecular complexity index is 1610. The Hall–Kier alpha value is -3.79. The maximum atomic E-state index is 14.0. The molecule has 0 bridgehead atoms. The van der Waals surface area contributed by atoms with Crippen LogP contribution in [0.15, 0.2) is 77.3 Å². The van der Waals surface area contributed by atoms with E-state index in [1.807, 2.05) is 38.1 Å². The van der Waals surface area contributed by atoms with Crippen molar-refractivity contribution in [3.05, 3.63) is 115 Å². The monoisotopic (exact) mass is 561 g/mol. The Kier molecular flexibility index (Phi) is 7.40. The van der Waals surface area contributed by atoms with Crippen LogP contribution in [0.3, 0.4) is 0 Å². The van der Waals surface area contributed by atoms with E-state index in [9.17, 15) is 14.4 Å². The largest absolute Gasteiger partial charge is 0.487 e. The van der Waals surface area contributed by atoms with Gasteiger partial charge in [-0.3, -0.25) is 9.69 Å². The molecule has 3 aromatic carbocycles. The highest BCUT2D eigenvalue weighted by Crippen LogP contribution is 2.47. The van der Waals surface area contributed by atoms with E-state index < -0.39 is 11.7 Å². The molecule has 2 N–H and O–H groups in total. The molecule has 1 unspecified atom stereocenters. The number of anilines is 1. The number of carbonyl (C=O) groups excluding carboxylic acids is 1. The van der Waals surface area contributed by atoms with Gasteiger partial charge in [0.05, 0.1) is 27.6 Å². The van der Waals surface area contributed by atoms with Crippen LogP contribution in [0.5, 0.6) is 5.75 Å². The number of hydrogen-bond donors (Lipinski definition) is 1. The summed E-state index contributed by atoms with van der Waals surface area (Å²) < 4.78 is 20.0. The van der Waals surface area contributed by atoms with Crippen LogP contribution in [0.1, 0.15) is 47.4 Å². The second-order valence-corrected chi connectivity index (χ2v) is 10.6. The van der Waals surface area contributed by atoms with E-state index in [1.165, 1.54) is 12.1 Å². The summed E-state index contributed by atoms with van der Waals surface area (Å²) in [6.07, 6.45) is 1.60. The lowest BCUT2D eigenvalue weighted by Gasteiger charge is -2.40. The minimum Gasteiger partial charge on any atom is -0.487 e. The smallest absolute Gasteiger partial charge is 0.161 e. The molecule has 0 amide bonds. The van der Waals surface area contributed by atoms with E-state index in [-0.39, 0.29) is 28.8 Å². The number of Topliss-reactive ketones (excluding diaryl/α,β-unsaturated/α-hetero) is 1. The molecular weight excluding hydrogens is 536 g/mol. The lowest BCUT2D eigenvalue weighted by atomic mass is 9.74. The molecule has 1 aliphatic carbocycles. The topological polar surface area (TPSA) is 79.4 Å². The SMILES string of the molecule is Cc1cc(C)c(C2C(C#N)=C(N)N(c3ccc(F)c(Cl)c3)C3=C2C(=O)CCC3)cc1COc1ccccc1Cl. The van der Waals surface area contributed by atoms with Crippen LogP contribution in [-0.2, 0) is 11.4 Å². The van der Waals surface area contributed by atoms with Gasteiger partial charge in [-0.15, -0.1) is 0 Å². The Morgan fingerprint density at radius 2 is 1.85 bits per heavy atom. The van der Waals surface area contributed by atoms with E-state index in [1.54, 1.807) is 23.1 Å². The molecule has 1 atom stereocenters. The molecule has 0 aromatic heterocycles. The normalized spacial score (nSPS) is 17.3. The molecular formula is C31H26Cl2FN3O2. The van der Waals surface area contributed by atoms with Crippen molar-refractivity contribution in [2.24, 2.45) is 5.73 Å². The molecule has 8 heteroatoms. The van der Waals surface area contributed by atoms with Gasteiger partial charge in [0.25, 0.3) is 0 Å². The first kappa shape index (κ1) is 26.8. The second kappa shape index (κ2) is 10.8. The number of aryl methyl sites for hydroxylation is 2. The molecule has 0 saturated heterocycles. The van der Waals surface area contributed by atoms with E-state index in [2.05, 4.69) is 6.07 Å². The number of ketones is 1. The summed E-state index contributed by atoms with van der Waals surface area (Å²) in [6, 6.07) is 17.8. The van der Waals surface area contributed by atoms with Crippen LogP contribution in [-0.4, -0.2) is 5.78 Å². The number of nitrogens with zero attached hydrogens (tertiary/aromatic N) is 2. The lowest BCUT2D eigenvalue weighted by molar-refractivity contribution is -0.116.